The van der Waals surface area contributed by atoms with Gasteiger partial charge < -0.3 is 19.5 Å². The van der Waals surface area contributed by atoms with E-state index in [1.54, 1.807) is 44.2 Å². The van der Waals surface area contributed by atoms with Gasteiger partial charge in [0.2, 0.25) is 5.91 Å². The number of carbonyl (C=O) groups excluding carboxylic acids is 4. The van der Waals surface area contributed by atoms with Crippen LogP contribution in [0.1, 0.15) is 18.1 Å². The number of ether oxygens (including phenoxy) is 3. The van der Waals surface area contributed by atoms with Gasteiger partial charge in [-0.25, -0.2) is 4.79 Å². The number of nitrogens with zero attached hydrogens (tertiary/aromatic N) is 1. The van der Waals surface area contributed by atoms with Crippen LogP contribution in [-0.4, -0.2) is 54.8 Å². The number of halogens is 2. The normalized spacial score (nSPS) is 14.2. The number of aryl methyl sites for hydroxylation is 1. The summed E-state index contributed by atoms with van der Waals surface area (Å²) in [6.45, 7) is 3.03. The molecule has 3 rings (SSSR count). The van der Waals surface area contributed by atoms with Gasteiger partial charge in [0.25, 0.3) is 11.1 Å². The summed E-state index contributed by atoms with van der Waals surface area (Å²) in [5, 5.41) is 2.57. The van der Waals surface area contributed by atoms with E-state index in [-0.39, 0.29) is 18.1 Å². The summed E-state index contributed by atoms with van der Waals surface area (Å²) < 4.78 is 16.4. The Morgan fingerprint density at radius 3 is 2.67 bits per heavy atom. The fraction of sp³-hybridized carbons (Fsp3) is 0.250. The van der Waals surface area contributed by atoms with E-state index in [0.717, 1.165) is 22.2 Å². The molecule has 0 atom stereocenters. The second kappa shape index (κ2) is 12.5. The van der Waals surface area contributed by atoms with Crippen molar-refractivity contribution < 1.29 is 33.4 Å². The van der Waals surface area contributed by atoms with E-state index in [1.807, 2.05) is 22.6 Å². The van der Waals surface area contributed by atoms with Crippen LogP contribution in [0.5, 0.6) is 11.5 Å². The molecule has 0 radical (unpaired) electrons. The number of hydrogen-bond donors (Lipinski definition) is 1. The van der Waals surface area contributed by atoms with E-state index in [0.29, 0.717) is 31.3 Å². The van der Waals surface area contributed by atoms with Crippen LogP contribution in [-0.2, 0) is 19.1 Å². The van der Waals surface area contributed by atoms with Gasteiger partial charge in [0.1, 0.15) is 6.54 Å². The molecule has 1 fully saturated rings. The summed E-state index contributed by atoms with van der Waals surface area (Å²) in [4.78, 5) is 50.5. The first kappa shape index (κ1) is 27.8. The van der Waals surface area contributed by atoms with Crippen molar-refractivity contribution in [3.63, 3.8) is 0 Å². The van der Waals surface area contributed by atoms with Gasteiger partial charge in [0.05, 0.1) is 22.2 Å². The lowest BCUT2D eigenvalue weighted by atomic mass is 10.2. The fourth-order valence-corrected chi connectivity index (χ4v) is 4.94. The van der Waals surface area contributed by atoms with Gasteiger partial charge >= 0.3 is 5.97 Å². The van der Waals surface area contributed by atoms with Crippen molar-refractivity contribution in [1.29, 1.82) is 0 Å². The highest BCUT2D eigenvalue weighted by molar-refractivity contribution is 14.1. The van der Waals surface area contributed by atoms with E-state index in [9.17, 15) is 19.2 Å². The van der Waals surface area contributed by atoms with Gasteiger partial charge in [-0.2, -0.15) is 0 Å². The van der Waals surface area contributed by atoms with Crippen LogP contribution < -0.4 is 14.8 Å². The van der Waals surface area contributed by atoms with E-state index >= 15 is 0 Å². The number of nitrogens with one attached hydrogen (secondary N) is 1. The molecule has 0 unspecified atom stereocenters. The quantitative estimate of drug-likeness (QED) is 0.234. The Bertz CT molecular complexity index is 1250. The van der Waals surface area contributed by atoms with E-state index < -0.39 is 29.6 Å². The molecule has 3 amide bonds. The Hall–Kier alpha value is -2.77. The summed E-state index contributed by atoms with van der Waals surface area (Å²) in [7, 11) is 1.44. The van der Waals surface area contributed by atoms with Gasteiger partial charge in [-0.05, 0) is 89.7 Å². The molecular formula is C24H22ClIN2O7S. The summed E-state index contributed by atoms with van der Waals surface area (Å²) >= 11 is 8.73. The SMILES string of the molecule is CCOC(=O)COc1c(I)cc(/C=C2/SC(=O)N(CC(=O)Nc3cc(Cl)ccc3C)C2=O)cc1OC. The summed E-state index contributed by atoms with van der Waals surface area (Å²) in [6, 6.07) is 8.38. The van der Waals surface area contributed by atoms with Crippen LogP contribution in [0.25, 0.3) is 6.08 Å². The summed E-state index contributed by atoms with van der Waals surface area (Å²) in [5.41, 5.74) is 1.87. The molecule has 0 saturated carbocycles. The Kier molecular flexibility index (Phi) is 9.63. The second-order valence-electron chi connectivity index (χ2n) is 7.40. The Labute approximate surface area is 230 Å². The molecule has 1 saturated heterocycles. The maximum Gasteiger partial charge on any atom is 0.344 e. The number of imide groups is 1. The predicted octanol–water partition coefficient (Wildman–Crippen LogP) is 4.88. The van der Waals surface area contributed by atoms with E-state index in [1.165, 1.54) is 13.2 Å². The lowest BCUT2D eigenvalue weighted by Gasteiger charge is -2.14. The van der Waals surface area contributed by atoms with Crippen molar-refractivity contribution in [1.82, 2.24) is 4.90 Å². The van der Waals surface area contributed by atoms with Gasteiger partial charge in [-0.3, -0.25) is 19.3 Å². The minimum Gasteiger partial charge on any atom is -0.493 e. The van der Waals surface area contributed by atoms with Crippen molar-refractivity contribution in [2.45, 2.75) is 13.8 Å². The largest absolute Gasteiger partial charge is 0.493 e. The molecule has 2 aromatic carbocycles. The Balaban J connectivity index is 1.74. The van der Waals surface area contributed by atoms with Crippen molar-refractivity contribution in [2.24, 2.45) is 0 Å². The number of methoxy groups -OCH3 is 1. The first-order valence-corrected chi connectivity index (χ1v) is 12.9. The zero-order valence-corrected chi connectivity index (χ0v) is 23.3. The molecule has 2 aromatic rings. The average molecular weight is 645 g/mol. The third-order valence-electron chi connectivity index (χ3n) is 4.84. The smallest absolute Gasteiger partial charge is 0.344 e. The minimum atomic E-state index is -0.584. The molecule has 190 valence electrons. The maximum atomic E-state index is 12.9. The maximum absolute atomic E-state index is 12.9. The van der Waals surface area contributed by atoms with Gasteiger partial charge in [0, 0.05) is 10.7 Å². The zero-order chi connectivity index (χ0) is 26.4. The lowest BCUT2D eigenvalue weighted by molar-refractivity contribution is -0.145. The Morgan fingerprint density at radius 2 is 1.97 bits per heavy atom. The molecular weight excluding hydrogens is 623 g/mol. The first-order chi connectivity index (χ1) is 17.1. The standard InChI is InChI=1S/C24H22ClIN2O7S/c1-4-34-21(30)12-35-22-16(26)7-14(8-18(22)33-3)9-19-23(31)28(24(32)36-19)11-20(29)27-17-10-15(25)6-5-13(17)2/h5-10H,4,11-12H2,1-3H3,(H,27,29)/b19-9+. The number of amides is 3. The topological polar surface area (TPSA) is 111 Å². The molecule has 9 nitrogen and oxygen atoms in total. The van der Waals surface area contributed by atoms with Gasteiger partial charge in [-0.15, -0.1) is 0 Å². The first-order valence-electron chi connectivity index (χ1n) is 10.6. The lowest BCUT2D eigenvalue weighted by Crippen LogP contribution is -2.36. The molecule has 0 spiro atoms. The number of thioether (sulfide) groups is 1. The molecule has 1 aliphatic rings. The third-order valence-corrected chi connectivity index (χ3v) is 6.78. The van der Waals surface area contributed by atoms with Crippen LogP contribution in [0.3, 0.4) is 0 Å². The van der Waals surface area contributed by atoms with Gasteiger partial charge in [-0.1, -0.05) is 17.7 Å². The van der Waals surface area contributed by atoms with Crippen molar-refractivity contribution in [3.05, 3.63) is 55.0 Å². The minimum absolute atomic E-state index is 0.157. The van der Waals surface area contributed by atoms with Crippen molar-refractivity contribution in [2.75, 3.05) is 32.2 Å². The summed E-state index contributed by atoms with van der Waals surface area (Å²) in [5.74, 6) is -0.928. The van der Waals surface area contributed by atoms with Crippen LogP contribution in [0, 0.1) is 10.5 Å². The van der Waals surface area contributed by atoms with E-state index in [2.05, 4.69) is 5.32 Å². The van der Waals surface area contributed by atoms with Gasteiger partial charge in [0.15, 0.2) is 18.1 Å². The van der Waals surface area contributed by atoms with Crippen LogP contribution >= 0.6 is 46.0 Å². The molecule has 12 heteroatoms. The summed E-state index contributed by atoms with van der Waals surface area (Å²) in [6.07, 6.45) is 1.53. The highest BCUT2D eigenvalue weighted by Crippen LogP contribution is 2.37. The van der Waals surface area contributed by atoms with Crippen molar-refractivity contribution >= 4 is 80.7 Å². The number of rotatable bonds is 9. The number of anilines is 1. The molecule has 36 heavy (non-hydrogen) atoms. The zero-order valence-electron chi connectivity index (χ0n) is 19.6. The molecule has 0 bridgehead atoms. The number of carbonyl (C=O) groups is 4. The molecule has 1 aliphatic heterocycles. The number of esters is 1. The number of hydrogen-bond acceptors (Lipinski definition) is 8. The second-order valence-corrected chi connectivity index (χ2v) is 9.99. The Morgan fingerprint density at radius 1 is 1.22 bits per heavy atom. The molecule has 1 N–H and O–H groups in total. The molecule has 0 aliphatic carbocycles. The van der Waals surface area contributed by atoms with Crippen LogP contribution in [0.2, 0.25) is 5.02 Å². The third kappa shape index (κ3) is 6.92. The van der Waals surface area contributed by atoms with Crippen molar-refractivity contribution in [3.8, 4) is 11.5 Å². The molecule has 1 heterocycles. The fourth-order valence-electron chi connectivity index (χ4n) is 3.15. The highest BCUT2D eigenvalue weighted by Gasteiger charge is 2.36. The number of benzene rings is 2. The predicted molar refractivity (Wildman–Crippen MR) is 145 cm³/mol. The molecule has 0 aromatic heterocycles. The van der Waals surface area contributed by atoms with E-state index in [4.69, 9.17) is 25.8 Å². The monoisotopic (exact) mass is 644 g/mol. The average Bonchev–Trinajstić information content (AvgIpc) is 3.07. The highest BCUT2D eigenvalue weighted by atomic mass is 127. The van der Waals surface area contributed by atoms with Crippen LogP contribution in [0.15, 0.2) is 35.2 Å². The van der Waals surface area contributed by atoms with Crippen LogP contribution in [0.4, 0.5) is 10.5 Å².